The SMILES string of the molecule is Cc1ccc(CN2C(=O)COCC2CCN)cc1. The zero-order valence-corrected chi connectivity index (χ0v) is 10.8. The Morgan fingerprint density at radius 2 is 2.11 bits per heavy atom. The second kappa shape index (κ2) is 5.98. The van der Waals surface area contributed by atoms with Crippen LogP contribution in [0.15, 0.2) is 24.3 Å². The molecule has 1 aliphatic rings. The quantitative estimate of drug-likeness (QED) is 0.867. The van der Waals surface area contributed by atoms with Gasteiger partial charge < -0.3 is 15.4 Å². The first-order valence-electron chi connectivity index (χ1n) is 6.33. The van der Waals surface area contributed by atoms with Gasteiger partial charge in [-0.2, -0.15) is 0 Å². The number of rotatable bonds is 4. The highest BCUT2D eigenvalue weighted by atomic mass is 16.5. The van der Waals surface area contributed by atoms with E-state index in [1.165, 1.54) is 5.56 Å². The van der Waals surface area contributed by atoms with Crippen molar-refractivity contribution in [3.63, 3.8) is 0 Å². The van der Waals surface area contributed by atoms with Crippen LogP contribution in [0, 0.1) is 6.92 Å². The highest BCUT2D eigenvalue weighted by molar-refractivity contribution is 5.78. The topological polar surface area (TPSA) is 55.6 Å². The smallest absolute Gasteiger partial charge is 0.249 e. The summed E-state index contributed by atoms with van der Waals surface area (Å²) in [6.45, 7) is 4.06. The van der Waals surface area contributed by atoms with Crippen LogP contribution >= 0.6 is 0 Å². The van der Waals surface area contributed by atoms with Crippen LogP contribution in [0.2, 0.25) is 0 Å². The highest BCUT2D eigenvalue weighted by Crippen LogP contribution is 2.16. The molecule has 1 aromatic rings. The van der Waals surface area contributed by atoms with Gasteiger partial charge in [0.25, 0.3) is 0 Å². The lowest BCUT2D eigenvalue weighted by atomic mass is 10.1. The standard InChI is InChI=1S/C14H20N2O2/c1-11-2-4-12(5-3-11)8-16-13(6-7-15)9-18-10-14(16)17/h2-5,13H,6-10,15H2,1H3. The van der Waals surface area contributed by atoms with Gasteiger partial charge in [-0.15, -0.1) is 0 Å². The number of nitrogens with two attached hydrogens (primary N) is 1. The molecule has 2 N–H and O–H groups in total. The number of carbonyl (C=O) groups is 1. The van der Waals surface area contributed by atoms with Crippen LogP contribution in [-0.4, -0.2) is 36.6 Å². The molecule has 1 aromatic carbocycles. The van der Waals surface area contributed by atoms with Gasteiger partial charge in [0.05, 0.1) is 12.6 Å². The van der Waals surface area contributed by atoms with Crippen molar-refractivity contribution < 1.29 is 9.53 Å². The minimum atomic E-state index is 0.0558. The molecule has 1 saturated heterocycles. The van der Waals surface area contributed by atoms with Gasteiger partial charge in [0, 0.05) is 6.54 Å². The Kier molecular flexibility index (Phi) is 4.33. The lowest BCUT2D eigenvalue weighted by Crippen LogP contribution is -2.49. The van der Waals surface area contributed by atoms with E-state index in [9.17, 15) is 4.79 Å². The molecular formula is C14H20N2O2. The number of ether oxygens (including phenoxy) is 1. The molecule has 1 amide bonds. The predicted molar refractivity (Wildman–Crippen MR) is 70.0 cm³/mol. The zero-order valence-electron chi connectivity index (χ0n) is 10.8. The molecule has 0 spiro atoms. The fraction of sp³-hybridized carbons (Fsp3) is 0.500. The molecule has 0 radical (unpaired) electrons. The molecule has 1 heterocycles. The molecule has 18 heavy (non-hydrogen) atoms. The number of amides is 1. The van der Waals surface area contributed by atoms with Gasteiger partial charge in [-0.05, 0) is 25.5 Å². The Balaban J connectivity index is 2.08. The van der Waals surface area contributed by atoms with Crippen LogP contribution in [0.4, 0.5) is 0 Å². The molecule has 98 valence electrons. The number of nitrogens with zero attached hydrogens (tertiary/aromatic N) is 1. The van der Waals surface area contributed by atoms with E-state index in [1.807, 2.05) is 4.90 Å². The first kappa shape index (κ1) is 13.1. The summed E-state index contributed by atoms with van der Waals surface area (Å²) >= 11 is 0. The summed E-state index contributed by atoms with van der Waals surface area (Å²) in [6.07, 6.45) is 0.789. The molecular weight excluding hydrogens is 228 g/mol. The van der Waals surface area contributed by atoms with Gasteiger partial charge in [-0.1, -0.05) is 29.8 Å². The molecule has 0 saturated carbocycles. The van der Waals surface area contributed by atoms with Crippen LogP contribution in [-0.2, 0) is 16.1 Å². The van der Waals surface area contributed by atoms with Crippen molar-refractivity contribution in [3.8, 4) is 0 Å². The Morgan fingerprint density at radius 1 is 1.39 bits per heavy atom. The third-order valence-corrected chi connectivity index (χ3v) is 3.27. The fourth-order valence-corrected chi connectivity index (χ4v) is 2.20. The minimum absolute atomic E-state index is 0.0558. The van der Waals surface area contributed by atoms with Crippen molar-refractivity contribution in [2.45, 2.75) is 25.9 Å². The summed E-state index contributed by atoms with van der Waals surface area (Å²) in [5.74, 6) is 0.0558. The molecule has 4 nitrogen and oxygen atoms in total. The molecule has 1 unspecified atom stereocenters. The average molecular weight is 248 g/mol. The molecule has 0 aromatic heterocycles. The number of hydrogen-bond donors (Lipinski definition) is 1. The van der Waals surface area contributed by atoms with Crippen LogP contribution in [0.5, 0.6) is 0 Å². The maximum atomic E-state index is 11.9. The van der Waals surface area contributed by atoms with Crippen molar-refractivity contribution in [1.82, 2.24) is 4.90 Å². The third-order valence-electron chi connectivity index (χ3n) is 3.27. The summed E-state index contributed by atoms with van der Waals surface area (Å²) in [4.78, 5) is 13.8. The molecule has 1 fully saturated rings. The van der Waals surface area contributed by atoms with E-state index in [-0.39, 0.29) is 18.6 Å². The minimum Gasteiger partial charge on any atom is -0.369 e. The van der Waals surface area contributed by atoms with Crippen LogP contribution in [0.25, 0.3) is 0 Å². The molecule has 2 rings (SSSR count). The van der Waals surface area contributed by atoms with Gasteiger partial charge in [0.2, 0.25) is 5.91 Å². The number of aryl methyl sites for hydroxylation is 1. The zero-order chi connectivity index (χ0) is 13.0. The first-order chi connectivity index (χ1) is 8.70. The average Bonchev–Trinajstić information content (AvgIpc) is 2.36. The maximum absolute atomic E-state index is 11.9. The lowest BCUT2D eigenvalue weighted by Gasteiger charge is -2.35. The van der Waals surface area contributed by atoms with Crippen LogP contribution in [0.1, 0.15) is 17.5 Å². The third kappa shape index (κ3) is 3.09. The summed E-state index contributed by atoms with van der Waals surface area (Å²) in [7, 11) is 0. The molecule has 1 atom stereocenters. The van der Waals surface area contributed by atoms with Gasteiger partial charge in [0.15, 0.2) is 0 Å². The second-order valence-electron chi connectivity index (χ2n) is 4.75. The summed E-state index contributed by atoms with van der Waals surface area (Å²) in [5.41, 5.74) is 7.96. The molecule has 1 aliphatic heterocycles. The largest absolute Gasteiger partial charge is 0.369 e. The van der Waals surface area contributed by atoms with Crippen molar-refractivity contribution in [2.24, 2.45) is 5.73 Å². The van der Waals surface area contributed by atoms with E-state index in [1.54, 1.807) is 0 Å². The van der Waals surface area contributed by atoms with E-state index < -0.39 is 0 Å². The number of morpholine rings is 1. The first-order valence-corrected chi connectivity index (χ1v) is 6.33. The van der Waals surface area contributed by atoms with Crippen molar-refractivity contribution in [3.05, 3.63) is 35.4 Å². The predicted octanol–water partition coefficient (Wildman–Crippen LogP) is 1.07. The van der Waals surface area contributed by atoms with E-state index >= 15 is 0 Å². The number of benzene rings is 1. The van der Waals surface area contributed by atoms with Crippen molar-refractivity contribution in [1.29, 1.82) is 0 Å². The molecule has 0 aliphatic carbocycles. The van der Waals surface area contributed by atoms with Gasteiger partial charge in [0.1, 0.15) is 6.61 Å². The summed E-state index contributed by atoms with van der Waals surface area (Å²) in [5, 5.41) is 0. The van der Waals surface area contributed by atoms with Gasteiger partial charge in [-0.3, -0.25) is 4.79 Å². The van der Waals surface area contributed by atoms with E-state index in [0.29, 0.717) is 19.7 Å². The van der Waals surface area contributed by atoms with Gasteiger partial charge in [-0.25, -0.2) is 0 Å². The Morgan fingerprint density at radius 3 is 2.78 bits per heavy atom. The monoisotopic (exact) mass is 248 g/mol. The number of carbonyl (C=O) groups excluding carboxylic acids is 1. The normalized spacial score (nSPS) is 20.2. The van der Waals surface area contributed by atoms with Crippen molar-refractivity contribution in [2.75, 3.05) is 19.8 Å². The van der Waals surface area contributed by atoms with E-state index in [0.717, 1.165) is 12.0 Å². The van der Waals surface area contributed by atoms with Crippen molar-refractivity contribution >= 4 is 5.91 Å². The fourth-order valence-electron chi connectivity index (χ4n) is 2.20. The maximum Gasteiger partial charge on any atom is 0.249 e. The lowest BCUT2D eigenvalue weighted by molar-refractivity contribution is -0.149. The number of hydrogen-bond acceptors (Lipinski definition) is 3. The second-order valence-corrected chi connectivity index (χ2v) is 4.75. The van der Waals surface area contributed by atoms with Crippen LogP contribution < -0.4 is 5.73 Å². The molecule has 4 heteroatoms. The molecule has 0 bridgehead atoms. The highest BCUT2D eigenvalue weighted by Gasteiger charge is 2.27. The van der Waals surface area contributed by atoms with Crippen LogP contribution in [0.3, 0.4) is 0 Å². The Hall–Kier alpha value is -1.39. The Labute approximate surface area is 108 Å². The van der Waals surface area contributed by atoms with E-state index in [4.69, 9.17) is 10.5 Å². The summed E-state index contributed by atoms with van der Waals surface area (Å²) in [6, 6.07) is 8.38. The van der Waals surface area contributed by atoms with Gasteiger partial charge >= 0.3 is 0 Å². The summed E-state index contributed by atoms with van der Waals surface area (Å²) < 4.78 is 5.29. The Bertz CT molecular complexity index is 401. The van der Waals surface area contributed by atoms with E-state index in [2.05, 4.69) is 31.2 Å².